The molecule has 1 amide bonds. The molecule has 0 radical (unpaired) electrons. The first-order valence-corrected chi connectivity index (χ1v) is 9.98. The molecule has 0 spiro atoms. The van der Waals surface area contributed by atoms with E-state index in [1.807, 2.05) is 79.7 Å². The first kappa shape index (κ1) is 19.3. The van der Waals surface area contributed by atoms with Crippen molar-refractivity contribution in [3.63, 3.8) is 0 Å². The lowest BCUT2D eigenvalue weighted by Crippen LogP contribution is -2.12. The summed E-state index contributed by atoms with van der Waals surface area (Å²) in [6.45, 7) is 2.02. The highest BCUT2D eigenvalue weighted by Gasteiger charge is 2.04. The zero-order valence-electron chi connectivity index (χ0n) is 14.9. The van der Waals surface area contributed by atoms with Crippen molar-refractivity contribution in [3.05, 3.63) is 83.4 Å². The van der Waals surface area contributed by atoms with Gasteiger partial charge in [-0.2, -0.15) is 0 Å². The number of halogens is 1. The van der Waals surface area contributed by atoms with E-state index >= 15 is 0 Å². The number of aryl methyl sites for hydroxylation is 1. The molecule has 0 aliphatic heterocycles. The molecule has 138 valence electrons. The van der Waals surface area contributed by atoms with Gasteiger partial charge in [0.05, 0.1) is 0 Å². The molecule has 0 aliphatic rings. The standard InChI is InChI=1S/C22H20ClNO2S/c1-16-3-2-4-20(15-16)26-19-9-7-18(8-10-19)24-22(25)13-14-27-21-11-5-17(23)6-12-21/h2-12,15H,13-14H2,1H3,(H,24,25). The zero-order valence-corrected chi connectivity index (χ0v) is 16.5. The van der Waals surface area contributed by atoms with Gasteiger partial charge in [-0.1, -0.05) is 23.7 Å². The van der Waals surface area contributed by atoms with Gasteiger partial charge in [0.2, 0.25) is 5.91 Å². The number of hydrogen-bond acceptors (Lipinski definition) is 3. The highest BCUT2D eigenvalue weighted by Crippen LogP contribution is 2.24. The molecule has 3 aromatic rings. The van der Waals surface area contributed by atoms with Crippen molar-refractivity contribution < 1.29 is 9.53 Å². The molecule has 0 bridgehead atoms. The molecule has 1 N–H and O–H groups in total. The van der Waals surface area contributed by atoms with Crippen LogP contribution in [-0.2, 0) is 4.79 Å². The summed E-state index contributed by atoms with van der Waals surface area (Å²) in [6.07, 6.45) is 0.439. The summed E-state index contributed by atoms with van der Waals surface area (Å²) in [5.41, 5.74) is 1.90. The normalized spacial score (nSPS) is 10.4. The molecule has 0 unspecified atom stereocenters. The van der Waals surface area contributed by atoms with Gasteiger partial charge in [0.1, 0.15) is 11.5 Å². The molecule has 0 saturated heterocycles. The fraction of sp³-hybridized carbons (Fsp3) is 0.136. The van der Waals surface area contributed by atoms with Crippen LogP contribution in [0.2, 0.25) is 5.02 Å². The van der Waals surface area contributed by atoms with E-state index in [1.54, 1.807) is 11.8 Å². The van der Waals surface area contributed by atoms with Gasteiger partial charge < -0.3 is 10.1 Å². The van der Waals surface area contributed by atoms with Gasteiger partial charge >= 0.3 is 0 Å². The topological polar surface area (TPSA) is 38.3 Å². The molecule has 3 rings (SSSR count). The minimum atomic E-state index is -0.0104. The first-order valence-electron chi connectivity index (χ1n) is 8.61. The van der Waals surface area contributed by atoms with E-state index in [0.29, 0.717) is 17.2 Å². The van der Waals surface area contributed by atoms with Crippen LogP contribution >= 0.6 is 23.4 Å². The molecule has 0 saturated carbocycles. The van der Waals surface area contributed by atoms with Crippen LogP contribution < -0.4 is 10.1 Å². The maximum atomic E-state index is 12.1. The molecule has 3 aromatic carbocycles. The number of ether oxygens (including phenoxy) is 1. The number of carbonyl (C=O) groups excluding carboxylic acids is 1. The average molecular weight is 398 g/mol. The van der Waals surface area contributed by atoms with Crippen molar-refractivity contribution in [1.29, 1.82) is 0 Å². The summed E-state index contributed by atoms with van der Waals surface area (Å²) in [4.78, 5) is 13.2. The van der Waals surface area contributed by atoms with Crippen LogP contribution in [0, 0.1) is 6.92 Å². The smallest absolute Gasteiger partial charge is 0.225 e. The van der Waals surface area contributed by atoms with Crippen molar-refractivity contribution in [3.8, 4) is 11.5 Å². The Balaban J connectivity index is 1.46. The molecule has 0 heterocycles. The summed E-state index contributed by atoms with van der Waals surface area (Å²) >= 11 is 7.50. The first-order chi connectivity index (χ1) is 13.1. The second-order valence-electron chi connectivity index (χ2n) is 6.04. The van der Waals surface area contributed by atoms with Crippen LogP contribution in [0.1, 0.15) is 12.0 Å². The highest BCUT2D eigenvalue weighted by molar-refractivity contribution is 7.99. The quantitative estimate of drug-likeness (QED) is 0.458. The van der Waals surface area contributed by atoms with E-state index < -0.39 is 0 Å². The van der Waals surface area contributed by atoms with E-state index in [-0.39, 0.29) is 5.91 Å². The summed E-state index contributed by atoms with van der Waals surface area (Å²) in [5, 5.41) is 3.62. The van der Waals surface area contributed by atoms with Crippen LogP contribution in [0.25, 0.3) is 0 Å². The van der Waals surface area contributed by atoms with Gasteiger partial charge in [0.25, 0.3) is 0 Å². The maximum absolute atomic E-state index is 12.1. The van der Waals surface area contributed by atoms with Crippen LogP contribution in [-0.4, -0.2) is 11.7 Å². The van der Waals surface area contributed by atoms with E-state index in [0.717, 1.165) is 27.6 Å². The minimum Gasteiger partial charge on any atom is -0.457 e. The van der Waals surface area contributed by atoms with Gasteiger partial charge in [-0.25, -0.2) is 0 Å². The number of nitrogens with one attached hydrogen (secondary N) is 1. The summed E-state index contributed by atoms with van der Waals surface area (Å²) < 4.78 is 5.82. The Bertz CT molecular complexity index is 895. The number of rotatable bonds is 7. The number of carbonyl (C=O) groups is 1. The third-order valence-corrected chi connectivity index (χ3v) is 5.04. The Labute approximate surface area is 168 Å². The third kappa shape index (κ3) is 6.35. The molecule has 0 fully saturated rings. The van der Waals surface area contributed by atoms with E-state index in [2.05, 4.69) is 5.32 Å². The molecule has 0 aliphatic carbocycles. The molecular formula is C22H20ClNO2S. The predicted octanol–water partition coefficient (Wildman–Crippen LogP) is 6.56. The van der Waals surface area contributed by atoms with Crippen molar-refractivity contribution in [1.82, 2.24) is 0 Å². The Morgan fingerprint density at radius 1 is 1.00 bits per heavy atom. The molecular weight excluding hydrogens is 378 g/mol. The fourth-order valence-corrected chi connectivity index (χ4v) is 3.41. The highest BCUT2D eigenvalue weighted by atomic mass is 35.5. The molecule has 27 heavy (non-hydrogen) atoms. The van der Waals surface area contributed by atoms with E-state index in [9.17, 15) is 4.79 Å². The van der Waals surface area contributed by atoms with Crippen molar-refractivity contribution in [2.45, 2.75) is 18.2 Å². The maximum Gasteiger partial charge on any atom is 0.225 e. The van der Waals surface area contributed by atoms with Crippen molar-refractivity contribution in [2.24, 2.45) is 0 Å². The number of benzene rings is 3. The monoisotopic (exact) mass is 397 g/mol. The van der Waals surface area contributed by atoms with Crippen molar-refractivity contribution in [2.75, 3.05) is 11.1 Å². The lowest BCUT2D eigenvalue weighted by molar-refractivity contribution is -0.115. The zero-order chi connectivity index (χ0) is 19.1. The van der Waals surface area contributed by atoms with Gasteiger partial charge in [-0.3, -0.25) is 4.79 Å². The number of hydrogen-bond donors (Lipinski definition) is 1. The molecule has 0 atom stereocenters. The van der Waals surface area contributed by atoms with Crippen LogP contribution in [0.4, 0.5) is 5.69 Å². The second-order valence-corrected chi connectivity index (χ2v) is 7.65. The Kier molecular flexibility index (Phi) is 6.80. The van der Waals surface area contributed by atoms with E-state index in [4.69, 9.17) is 16.3 Å². The molecule has 3 nitrogen and oxygen atoms in total. The Hall–Kier alpha value is -2.43. The van der Waals surface area contributed by atoms with Crippen LogP contribution in [0.5, 0.6) is 11.5 Å². The molecule has 5 heteroatoms. The summed E-state index contributed by atoms with van der Waals surface area (Å²) in [5.74, 6) is 2.23. The van der Waals surface area contributed by atoms with Gasteiger partial charge in [0.15, 0.2) is 0 Å². The van der Waals surface area contributed by atoms with Gasteiger partial charge in [0, 0.05) is 27.8 Å². The van der Waals surface area contributed by atoms with Crippen LogP contribution in [0.3, 0.4) is 0 Å². The largest absolute Gasteiger partial charge is 0.457 e. The third-order valence-electron chi connectivity index (χ3n) is 3.77. The number of amides is 1. The minimum absolute atomic E-state index is 0.0104. The Morgan fingerprint density at radius 2 is 1.74 bits per heavy atom. The SMILES string of the molecule is Cc1cccc(Oc2ccc(NC(=O)CCSc3ccc(Cl)cc3)cc2)c1. The predicted molar refractivity (Wildman–Crippen MR) is 113 cm³/mol. The van der Waals surface area contributed by atoms with Crippen molar-refractivity contribution >= 4 is 35.0 Å². The Morgan fingerprint density at radius 3 is 2.44 bits per heavy atom. The number of anilines is 1. The summed E-state index contributed by atoms with van der Waals surface area (Å²) in [7, 11) is 0. The fourth-order valence-electron chi connectivity index (χ4n) is 2.44. The van der Waals surface area contributed by atoms with Crippen LogP contribution in [0.15, 0.2) is 77.7 Å². The van der Waals surface area contributed by atoms with Gasteiger partial charge in [-0.05, 0) is 73.2 Å². The second kappa shape index (κ2) is 9.49. The number of thioether (sulfide) groups is 1. The van der Waals surface area contributed by atoms with Gasteiger partial charge in [-0.15, -0.1) is 11.8 Å². The lowest BCUT2D eigenvalue weighted by Gasteiger charge is -2.09. The average Bonchev–Trinajstić information content (AvgIpc) is 2.65. The summed E-state index contributed by atoms with van der Waals surface area (Å²) in [6, 6.07) is 22.9. The molecule has 0 aromatic heterocycles. The lowest BCUT2D eigenvalue weighted by atomic mass is 10.2. The van der Waals surface area contributed by atoms with E-state index in [1.165, 1.54) is 0 Å².